The number of amides is 1. The number of rotatable bonds is 2. The Kier molecular flexibility index (Phi) is 3.70. The summed E-state index contributed by atoms with van der Waals surface area (Å²) in [6.07, 6.45) is 0. The van der Waals surface area contributed by atoms with Gasteiger partial charge in [-0.05, 0) is 48.9 Å². The Morgan fingerprint density at radius 2 is 1.79 bits per heavy atom. The van der Waals surface area contributed by atoms with Gasteiger partial charge in [-0.2, -0.15) is 5.10 Å². The maximum atomic E-state index is 13.0. The first kappa shape index (κ1) is 15.4. The molecule has 1 atom stereocenters. The molecular weight excluding hydrogens is 390 g/mol. The Labute approximate surface area is 152 Å². The van der Waals surface area contributed by atoms with Crippen LogP contribution in [0.4, 0.5) is 5.69 Å². The first-order valence-electron chi connectivity index (χ1n) is 7.45. The minimum absolute atomic E-state index is 0.100. The van der Waals surface area contributed by atoms with Gasteiger partial charge in [0, 0.05) is 26.4 Å². The third-order valence-corrected chi connectivity index (χ3v) is 5.02. The molecule has 0 unspecified atom stereocenters. The third kappa shape index (κ3) is 2.36. The maximum Gasteiger partial charge on any atom is 0.279 e. The van der Waals surface area contributed by atoms with Crippen molar-refractivity contribution in [1.29, 1.82) is 0 Å². The summed E-state index contributed by atoms with van der Waals surface area (Å²) >= 11 is 9.46. The average Bonchev–Trinajstić information content (AvgIpc) is 3.09. The van der Waals surface area contributed by atoms with E-state index < -0.39 is 0 Å². The molecule has 4 rings (SSSR count). The van der Waals surface area contributed by atoms with Crippen LogP contribution in [0.25, 0.3) is 0 Å². The van der Waals surface area contributed by atoms with Crippen molar-refractivity contribution in [1.82, 2.24) is 10.2 Å². The van der Waals surface area contributed by atoms with Crippen LogP contribution in [0.2, 0.25) is 5.02 Å². The summed E-state index contributed by atoms with van der Waals surface area (Å²) < 4.78 is 0.968. The monoisotopic (exact) mass is 401 g/mol. The fourth-order valence-corrected chi connectivity index (χ4v) is 3.52. The van der Waals surface area contributed by atoms with E-state index in [1.165, 1.54) is 0 Å². The van der Waals surface area contributed by atoms with Crippen LogP contribution in [0.15, 0.2) is 53.0 Å². The van der Waals surface area contributed by atoms with E-state index in [2.05, 4.69) is 26.1 Å². The molecule has 24 heavy (non-hydrogen) atoms. The van der Waals surface area contributed by atoms with Crippen LogP contribution in [0, 0.1) is 6.92 Å². The molecule has 4 nitrogen and oxygen atoms in total. The van der Waals surface area contributed by atoms with Crippen molar-refractivity contribution in [2.75, 3.05) is 4.90 Å². The number of H-pyrrole nitrogens is 1. The molecule has 0 fully saturated rings. The molecule has 0 saturated heterocycles. The van der Waals surface area contributed by atoms with Crippen LogP contribution in [0.1, 0.15) is 33.4 Å². The topological polar surface area (TPSA) is 49.0 Å². The number of aryl methyl sites for hydroxylation is 1. The number of aromatic amines is 1. The first-order valence-corrected chi connectivity index (χ1v) is 8.63. The number of carbonyl (C=O) groups excluding carboxylic acids is 1. The Morgan fingerprint density at radius 3 is 2.46 bits per heavy atom. The second-order valence-corrected chi connectivity index (χ2v) is 7.07. The van der Waals surface area contributed by atoms with E-state index in [1.54, 1.807) is 4.90 Å². The Balaban J connectivity index is 1.89. The molecule has 1 amide bonds. The largest absolute Gasteiger partial charge is 0.295 e. The van der Waals surface area contributed by atoms with Crippen molar-refractivity contribution >= 4 is 39.1 Å². The Hall–Kier alpha value is -2.11. The summed E-state index contributed by atoms with van der Waals surface area (Å²) in [7, 11) is 0. The van der Waals surface area contributed by atoms with Crippen molar-refractivity contribution in [2.24, 2.45) is 0 Å². The molecular formula is C18H13BrClN3O. The lowest BCUT2D eigenvalue weighted by Gasteiger charge is -2.26. The summed E-state index contributed by atoms with van der Waals surface area (Å²) in [4.78, 5) is 14.7. The van der Waals surface area contributed by atoms with Gasteiger partial charge in [-0.25, -0.2) is 0 Å². The van der Waals surface area contributed by atoms with E-state index in [9.17, 15) is 4.79 Å². The number of nitrogens with zero attached hydrogens (tertiary/aromatic N) is 2. The van der Waals surface area contributed by atoms with Crippen LogP contribution >= 0.6 is 27.5 Å². The van der Waals surface area contributed by atoms with E-state index in [0.717, 1.165) is 27.0 Å². The molecule has 1 aliphatic rings. The standard InChI is InChI=1S/C18H13BrClN3O/c1-10-15-16(22-21-10)18(24)23(14-8-4-12(19)5-9-14)17(15)11-2-6-13(20)7-3-11/h2-9,17H,1H3,(H,21,22)/t17-/m0/s1. The lowest BCUT2D eigenvalue weighted by Crippen LogP contribution is -2.29. The van der Waals surface area contributed by atoms with Crippen molar-refractivity contribution in [3.8, 4) is 0 Å². The lowest BCUT2D eigenvalue weighted by molar-refractivity contribution is 0.0989. The van der Waals surface area contributed by atoms with E-state index in [1.807, 2.05) is 55.5 Å². The number of fused-ring (bicyclic) bond motifs is 1. The summed E-state index contributed by atoms with van der Waals surface area (Å²) in [5.41, 5.74) is 4.14. The molecule has 1 N–H and O–H groups in total. The minimum Gasteiger partial charge on any atom is -0.295 e. The number of benzene rings is 2. The molecule has 2 heterocycles. The molecule has 6 heteroatoms. The highest BCUT2D eigenvalue weighted by atomic mass is 79.9. The molecule has 1 aromatic heterocycles. The highest BCUT2D eigenvalue weighted by molar-refractivity contribution is 9.10. The zero-order chi connectivity index (χ0) is 16.8. The van der Waals surface area contributed by atoms with Gasteiger partial charge in [0.15, 0.2) is 5.69 Å². The SMILES string of the molecule is Cc1[nH]nc2c1[C@H](c1ccc(Cl)cc1)N(c1ccc(Br)cc1)C2=O. The smallest absolute Gasteiger partial charge is 0.279 e. The first-order chi connectivity index (χ1) is 11.6. The van der Waals surface area contributed by atoms with Crippen molar-refractivity contribution in [3.63, 3.8) is 0 Å². The quantitative estimate of drug-likeness (QED) is 0.664. The van der Waals surface area contributed by atoms with Gasteiger partial charge in [-0.3, -0.25) is 14.8 Å². The summed E-state index contributed by atoms with van der Waals surface area (Å²) in [5.74, 6) is -0.100. The maximum absolute atomic E-state index is 13.0. The van der Waals surface area contributed by atoms with E-state index in [4.69, 9.17) is 11.6 Å². The van der Waals surface area contributed by atoms with Crippen molar-refractivity contribution in [3.05, 3.63) is 80.5 Å². The van der Waals surface area contributed by atoms with Crippen LogP contribution in [0.3, 0.4) is 0 Å². The predicted octanol–water partition coefficient (Wildman–Crippen LogP) is 4.88. The predicted molar refractivity (Wildman–Crippen MR) is 97.6 cm³/mol. The van der Waals surface area contributed by atoms with E-state index in [-0.39, 0.29) is 11.9 Å². The molecule has 3 aromatic rings. The fraction of sp³-hybridized carbons (Fsp3) is 0.111. The van der Waals surface area contributed by atoms with Crippen molar-refractivity contribution < 1.29 is 4.79 Å². The number of halogens is 2. The molecule has 0 aliphatic carbocycles. The number of anilines is 1. The summed E-state index contributed by atoms with van der Waals surface area (Å²) in [6, 6.07) is 15.1. The molecule has 0 radical (unpaired) electrons. The average molecular weight is 403 g/mol. The summed E-state index contributed by atoms with van der Waals surface area (Å²) in [5, 5.41) is 7.81. The minimum atomic E-state index is -0.218. The van der Waals surface area contributed by atoms with Gasteiger partial charge in [0.2, 0.25) is 0 Å². The normalized spacial score (nSPS) is 16.5. The lowest BCUT2D eigenvalue weighted by atomic mass is 9.99. The molecule has 2 aromatic carbocycles. The molecule has 0 spiro atoms. The molecule has 120 valence electrons. The van der Waals surface area contributed by atoms with Crippen molar-refractivity contribution in [2.45, 2.75) is 13.0 Å². The second kappa shape index (κ2) is 5.76. The number of hydrogen-bond donors (Lipinski definition) is 1. The van der Waals surface area contributed by atoms with Gasteiger partial charge in [0.1, 0.15) is 0 Å². The van der Waals surface area contributed by atoms with Gasteiger partial charge >= 0.3 is 0 Å². The number of hydrogen-bond acceptors (Lipinski definition) is 2. The van der Waals surface area contributed by atoms with Crippen LogP contribution in [-0.4, -0.2) is 16.1 Å². The van der Waals surface area contributed by atoms with Gasteiger partial charge in [0.05, 0.1) is 6.04 Å². The van der Waals surface area contributed by atoms with Gasteiger partial charge in [0.25, 0.3) is 5.91 Å². The fourth-order valence-electron chi connectivity index (χ4n) is 3.12. The van der Waals surface area contributed by atoms with Gasteiger partial charge in [-0.15, -0.1) is 0 Å². The number of carbonyl (C=O) groups is 1. The number of nitrogens with one attached hydrogen (secondary N) is 1. The van der Waals surface area contributed by atoms with Crippen LogP contribution in [0.5, 0.6) is 0 Å². The van der Waals surface area contributed by atoms with E-state index >= 15 is 0 Å². The highest BCUT2D eigenvalue weighted by Gasteiger charge is 2.42. The Bertz CT molecular complexity index is 918. The number of aromatic nitrogens is 2. The van der Waals surface area contributed by atoms with Crippen LogP contribution < -0.4 is 4.90 Å². The van der Waals surface area contributed by atoms with Gasteiger partial charge < -0.3 is 0 Å². The second-order valence-electron chi connectivity index (χ2n) is 5.72. The molecule has 1 aliphatic heterocycles. The van der Waals surface area contributed by atoms with Crippen LogP contribution in [-0.2, 0) is 0 Å². The summed E-state index contributed by atoms with van der Waals surface area (Å²) in [6.45, 7) is 1.94. The van der Waals surface area contributed by atoms with E-state index in [0.29, 0.717) is 10.7 Å². The zero-order valence-corrected chi connectivity index (χ0v) is 15.1. The highest BCUT2D eigenvalue weighted by Crippen LogP contribution is 2.42. The van der Waals surface area contributed by atoms with Gasteiger partial charge in [-0.1, -0.05) is 39.7 Å². The third-order valence-electron chi connectivity index (χ3n) is 4.24. The zero-order valence-electron chi connectivity index (χ0n) is 12.8. The molecule has 0 bridgehead atoms. The molecule has 0 saturated carbocycles. The Morgan fingerprint density at radius 1 is 1.12 bits per heavy atom.